The third kappa shape index (κ3) is 1.39. The molecule has 0 aliphatic carbocycles. The fourth-order valence-corrected chi connectivity index (χ4v) is 2.31. The molecule has 0 aliphatic heterocycles. The van der Waals surface area contributed by atoms with E-state index >= 15 is 0 Å². The number of carbonyl (C=O) groups is 1. The molecule has 0 fully saturated rings. The molecule has 3 rings (SSSR count). The van der Waals surface area contributed by atoms with Gasteiger partial charge in [0.15, 0.2) is 5.78 Å². The Morgan fingerprint density at radius 1 is 1.28 bits per heavy atom. The lowest BCUT2D eigenvalue weighted by atomic mass is 10.0. The highest BCUT2D eigenvalue weighted by atomic mass is 16.1. The maximum Gasteiger partial charge on any atom is 0.272 e. The lowest BCUT2D eigenvalue weighted by Crippen LogP contribution is -2.06. The number of fused-ring (bicyclic) bond motifs is 3. The van der Waals surface area contributed by atoms with Crippen LogP contribution in [0.5, 0.6) is 0 Å². The number of rotatable bonds is 1. The van der Waals surface area contributed by atoms with Crippen LogP contribution in [0.4, 0.5) is 0 Å². The minimum Gasteiger partial charge on any atom is -0.356 e. The molecule has 2 heterocycles. The monoisotopic (exact) mass is 240 g/mol. The fraction of sp³-hybridized carbons (Fsp3) is 0.143. The molecule has 0 unspecified atom stereocenters. The smallest absolute Gasteiger partial charge is 0.272 e. The zero-order chi connectivity index (χ0) is 12.9. The van der Waals surface area contributed by atoms with Gasteiger partial charge in [0.2, 0.25) is 0 Å². The Morgan fingerprint density at radius 2 is 2.06 bits per heavy atom. The summed E-state index contributed by atoms with van der Waals surface area (Å²) in [5, 5.41) is 1.79. The third-order valence-electron chi connectivity index (χ3n) is 3.25. The van der Waals surface area contributed by atoms with E-state index in [1.54, 1.807) is 18.3 Å². The lowest BCUT2D eigenvalue weighted by Gasteiger charge is -2.03. The number of aromatic amines is 2. The molecule has 90 valence electrons. The number of H-pyrrole nitrogens is 2. The van der Waals surface area contributed by atoms with Gasteiger partial charge in [0.25, 0.3) is 5.56 Å². The zero-order valence-corrected chi connectivity index (χ0v) is 10.1. The quantitative estimate of drug-likeness (QED) is 0.642. The third-order valence-corrected chi connectivity index (χ3v) is 3.25. The van der Waals surface area contributed by atoms with Crippen molar-refractivity contribution < 1.29 is 4.79 Å². The van der Waals surface area contributed by atoms with Crippen molar-refractivity contribution in [3.05, 3.63) is 45.9 Å². The summed E-state index contributed by atoms with van der Waals surface area (Å²) in [4.78, 5) is 29.1. The molecule has 4 heteroatoms. The van der Waals surface area contributed by atoms with Gasteiger partial charge in [-0.2, -0.15) is 0 Å². The normalized spacial score (nSPS) is 11.2. The van der Waals surface area contributed by atoms with E-state index in [4.69, 9.17) is 0 Å². The highest BCUT2D eigenvalue weighted by Crippen LogP contribution is 2.24. The van der Waals surface area contributed by atoms with E-state index in [0.717, 1.165) is 21.9 Å². The fourth-order valence-electron chi connectivity index (χ4n) is 2.31. The van der Waals surface area contributed by atoms with Crippen molar-refractivity contribution in [1.29, 1.82) is 0 Å². The van der Waals surface area contributed by atoms with Gasteiger partial charge in [-0.25, -0.2) is 0 Å². The van der Waals surface area contributed by atoms with Gasteiger partial charge in [0.1, 0.15) is 5.52 Å². The van der Waals surface area contributed by atoms with Gasteiger partial charge >= 0.3 is 0 Å². The maximum atomic E-state index is 11.9. The number of hydrogen-bond donors (Lipinski definition) is 2. The van der Waals surface area contributed by atoms with Gasteiger partial charge in [-0.05, 0) is 37.6 Å². The first-order valence-corrected chi connectivity index (χ1v) is 5.72. The molecule has 4 nitrogen and oxygen atoms in total. The first-order chi connectivity index (χ1) is 8.58. The molecule has 3 aromatic rings. The molecule has 18 heavy (non-hydrogen) atoms. The van der Waals surface area contributed by atoms with Crippen LogP contribution in [-0.4, -0.2) is 15.8 Å². The van der Waals surface area contributed by atoms with E-state index in [9.17, 15) is 9.59 Å². The molecule has 0 aliphatic rings. The van der Waals surface area contributed by atoms with Gasteiger partial charge in [-0.1, -0.05) is 0 Å². The van der Waals surface area contributed by atoms with Gasteiger partial charge in [0.05, 0.1) is 0 Å². The SMILES string of the molecule is CC(=O)c1ccc2[nH]c(=O)c3[nH]cc(C)c3c2c1. The van der Waals surface area contributed by atoms with Crippen LogP contribution in [0.25, 0.3) is 21.8 Å². The van der Waals surface area contributed by atoms with Crippen LogP contribution in [0.3, 0.4) is 0 Å². The summed E-state index contributed by atoms with van der Waals surface area (Å²) in [6.45, 7) is 3.48. The van der Waals surface area contributed by atoms with E-state index < -0.39 is 0 Å². The van der Waals surface area contributed by atoms with Crippen molar-refractivity contribution in [2.75, 3.05) is 0 Å². The van der Waals surface area contributed by atoms with Gasteiger partial charge < -0.3 is 9.97 Å². The molecule has 0 saturated carbocycles. The summed E-state index contributed by atoms with van der Waals surface area (Å²) >= 11 is 0. The van der Waals surface area contributed by atoms with Crippen LogP contribution in [0.2, 0.25) is 0 Å². The molecule has 1 aromatic carbocycles. The van der Waals surface area contributed by atoms with Crippen molar-refractivity contribution in [2.45, 2.75) is 13.8 Å². The van der Waals surface area contributed by atoms with Crippen molar-refractivity contribution >= 4 is 27.6 Å². The minimum absolute atomic E-state index is 0.0180. The van der Waals surface area contributed by atoms with Crippen LogP contribution in [0.15, 0.2) is 29.2 Å². The van der Waals surface area contributed by atoms with Crippen molar-refractivity contribution in [3.8, 4) is 0 Å². The van der Waals surface area contributed by atoms with Crippen molar-refractivity contribution in [3.63, 3.8) is 0 Å². The number of carbonyl (C=O) groups excluding carboxylic acids is 1. The second kappa shape index (κ2) is 3.57. The molecule has 2 aromatic heterocycles. The summed E-state index contributed by atoms with van der Waals surface area (Å²) in [7, 11) is 0. The average Bonchev–Trinajstić information content (AvgIpc) is 2.72. The van der Waals surface area contributed by atoms with E-state index in [2.05, 4.69) is 9.97 Å². The Morgan fingerprint density at radius 3 is 2.78 bits per heavy atom. The number of nitrogens with one attached hydrogen (secondary N) is 2. The largest absolute Gasteiger partial charge is 0.356 e. The Bertz CT molecular complexity index is 840. The van der Waals surface area contributed by atoms with E-state index in [1.807, 2.05) is 13.0 Å². The van der Waals surface area contributed by atoms with Crippen LogP contribution < -0.4 is 5.56 Å². The van der Waals surface area contributed by atoms with E-state index in [0.29, 0.717) is 11.1 Å². The molecular weight excluding hydrogens is 228 g/mol. The Kier molecular flexibility index (Phi) is 2.13. The predicted octanol–water partition coefficient (Wildman–Crippen LogP) is 2.52. The zero-order valence-electron chi connectivity index (χ0n) is 10.1. The molecule has 2 N–H and O–H groups in total. The Labute approximate surface area is 103 Å². The number of Topliss-reactive ketones (excluding diaryl/α,β-unsaturated/α-hetero) is 1. The summed E-state index contributed by atoms with van der Waals surface area (Å²) in [5.41, 5.74) is 2.82. The maximum absolute atomic E-state index is 11.9. The lowest BCUT2D eigenvalue weighted by molar-refractivity contribution is 0.101. The number of pyridine rings is 1. The van der Waals surface area contributed by atoms with Gasteiger partial charge in [-0.15, -0.1) is 0 Å². The Hall–Kier alpha value is -2.36. The summed E-state index contributed by atoms with van der Waals surface area (Å²) < 4.78 is 0. The molecule has 0 saturated heterocycles. The van der Waals surface area contributed by atoms with Crippen LogP contribution in [0.1, 0.15) is 22.8 Å². The molecule has 0 amide bonds. The molecule has 0 bridgehead atoms. The van der Waals surface area contributed by atoms with Gasteiger partial charge in [-0.3, -0.25) is 9.59 Å². The number of benzene rings is 1. The number of ketones is 1. The van der Waals surface area contributed by atoms with Crippen LogP contribution in [-0.2, 0) is 0 Å². The molecular formula is C14H12N2O2. The minimum atomic E-state index is -0.138. The Balaban J connectivity index is 2.57. The summed E-state index contributed by atoms with van der Waals surface area (Å²) in [6.07, 6.45) is 1.81. The van der Waals surface area contributed by atoms with E-state index in [-0.39, 0.29) is 11.3 Å². The van der Waals surface area contributed by atoms with Crippen LogP contribution >= 0.6 is 0 Å². The van der Waals surface area contributed by atoms with E-state index in [1.165, 1.54) is 6.92 Å². The topological polar surface area (TPSA) is 65.7 Å². The summed E-state index contributed by atoms with van der Waals surface area (Å²) in [6, 6.07) is 5.34. The first-order valence-electron chi connectivity index (χ1n) is 5.72. The summed E-state index contributed by atoms with van der Waals surface area (Å²) in [5.74, 6) is 0.0180. The highest BCUT2D eigenvalue weighted by molar-refractivity contribution is 6.09. The average molecular weight is 240 g/mol. The highest BCUT2D eigenvalue weighted by Gasteiger charge is 2.10. The van der Waals surface area contributed by atoms with Crippen molar-refractivity contribution in [1.82, 2.24) is 9.97 Å². The predicted molar refractivity (Wildman–Crippen MR) is 71.2 cm³/mol. The second-order valence-corrected chi connectivity index (χ2v) is 4.49. The molecule has 0 atom stereocenters. The second-order valence-electron chi connectivity index (χ2n) is 4.49. The first kappa shape index (κ1) is 10.8. The number of aromatic nitrogens is 2. The number of hydrogen-bond acceptors (Lipinski definition) is 2. The standard InChI is InChI=1S/C14H12N2O2/c1-7-6-15-13-12(7)10-5-9(8(2)17)3-4-11(10)16-14(13)18/h3-6,15H,1-2H3,(H,16,18). The van der Waals surface area contributed by atoms with Crippen LogP contribution in [0, 0.1) is 6.92 Å². The molecule has 0 spiro atoms. The molecule has 0 radical (unpaired) electrons. The van der Waals surface area contributed by atoms with Crippen molar-refractivity contribution in [2.24, 2.45) is 0 Å². The number of aryl methyl sites for hydroxylation is 1. The van der Waals surface area contributed by atoms with Gasteiger partial charge in [0, 0.05) is 28.0 Å².